The molecule has 3 aromatic rings. The minimum absolute atomic E-state index is 0.204. The van der Waals surface area contributed by atoms with Gasteiger partial charge in [0.15, 0.2) is 0 Å². The molecule has 0 aromatic heterocycles. The third-order valence-electron chi connectivity index (χ3n) is 7.92. The molecular formula is C31H32N2O6. The number of ether oxygens (including phenoxy) is 3. The van der Waals surface area contributed by atoms with Gasteiger partial charge in [0.2, 0.25) is 11.8 Å². The van der Waals surface area contributed by atoms with Crippen molar-refractivity contribution in [2.75, 3.05) is 27.9 Å². The number of nitrogens with zero attached hydrogens (tertiary/aromatic N) is 1. The van der Waals surface area contributed by atoms with Crippen LogP contribution in [0.5, 0.6) is 11.5 Å². The summed E-state index contributed by atoms with van der Waals surface area (Å²) in [5, 5.41) is 3.44. The van der Waals surface area contributed by atoms with E-state index >= 15 is 0 Å². The Morgan fingerprint density at radius 3 is 2.26 bits per heavy atom. The van der Waals surface area contributed by atoms with Crippen LogP contribution in [0.25, 0.3) is 11.1 Å². The molecule has 39 heavy (non-hydrogen) atoms. The van der Waals surface area contributed by atoms with Crippen molar-refractivity contribution in [1.29, 1.82) is 0 Å². The summed E-state index contributed by atoms with van der Waals surface area (Å²) in [6.07, 6.45) is 0.204. The maximum Gasteiger partial charge on any atom is 0.327 e. The van der Waals surface area contributed by atoms with Crippen LogP contribution < -0.4 is 14.8 Å². The number of amides is 2. The molecule has 2 fully saturated rings. The molecular weight excluding hydrogens is 496 g/mol. The smallest absolute Gasteiger partial charge is 0.327 e. The summed E-state index contributed by atoms with van der Waals surface area (Å²) in [7, 11) is 4.52. The van der Waals surface area contributed by atoms with Crippen LogP contribution in [0.2, 0.25) is 0 Å². The zero-order valence-electron chi connectivity index (χ0n) is 22.5. The van der Waals surface area contributed by atoms with Gasteiger partial charge in [-0.15, -0.1) is 0 Å². The van der Waals surface area contributed by atoms with Crippen molar-refractivity contribution in [2.45, 2.75) is 24.9 Å². The lowest BCUT2D eigenvalue weighted by Crippen LogP contribution is -2.57. The third-order valence-corrected chi connectivity index (χ3v) is 7.92. The second kappa shape index (κ2) is 10.5. The van der Waals surface area contributed by atoms with Gasteiger partial charge in [0.25, 0.3) is 0 Å². The van der Waals surface area contributed by atoms with Crippen LogP contribution in [-0.4, -0.2) is 56.1 Å². The summed E-state index contributed by atoms with van der Waals surface area (Å²) in [4.78, 5) is 42.1. The first kappa shape index (κ1) is 26.4. The van der Waals surface area contributed by atoms with Crippen molar-refractivity contribution in [1.82, 2.24) is 10.2 Å². The summed E-state index contributed by atoms with van der Waals surface area (Å²) in [5.74, 6) is -1.53. The lowest BCUT2D eigenvalue weighted by Gasteiger charge is -2.32. The fourth-order valence-corrected chi connectivity index (χ4v) is 6.09. The molecule has 1 N–H and O–H groups in total. The van der Waals surface area contributed by atoms with Gasteiger partial charge in [-0.3, -0.25) is 24.6 Å². The van der Waals surface area contributed by atoms with Crippen molar-refractivity contribution in [3.05, 3.63) is 83.9 Å². The highest BCUT2D eigenvalue weighted by atomic mass is 16.5. The molecule has 5 rings (SSSR count). The van der Waals surface area contributed by atoms with Gasteiger partial charge in [-0.05, 0) is 41.8 Å². The number of carbonyl (C=O) groups is 3. The summed E-state index contributed by atoms with van der Waals surface area (Å²) in [6.45, 7) is 2.00. The van der Waals surface area contributed by atoms with Gasteiger partial charge >= 0.3 is 5.97 Å². The molecule has 0 unspecified atom stereocenters. The van der Waals surface area contributed by atoms with Crippen LogP contribution in [0.4, 0.5) is 0 Å². The molecule has 0 aliphatic carbocycles. The Labute approximate surface area is 227 Å². The average molecular weight is 529 g/mol. The predicted molar refractivity (Wildman–Crippen MR) is 145 cm³/mol. The molecule has 2 amide bonds. The van der Waals surface area contributed by atoms with E-state index in [-0.39, 0.29) is 24.8 Å². The number of nitrogens with one attached hydrogen (secondary N) is 1. The molecule has 202 valence electrons. The summed E-state index contributed by atoms with van der Waals surface area (Å²) >= 11 is 0. The van der Waals surface area contributed by atoms with E-state index < -0.39 is 29.4 Å². The molecule has 8 heteroatoms. The number of hydrogen-bond acceptors (Lipinski definition) is 7. The van der Waals surface area contributed by atoms with E-state index in [2.05, 4.69) is 5.32 Å². The van der Waals surface area contributed by atoms with Gasteiger partial charge in [-0.1, -0.05) is 54.6 Å². The van der Waals surface area contributed by atoms with E-state index in [0.717, 1.165) is 28.0 Å². The molecule has 0 spiro atoms. The standard InChI is InChI=1S/C31H32N2O6/c1-5-33-28(34)25-26(29(33)35)31(30(36)39-4,18-19-9-7-6-8-10-19)32-27(25)21-13-16-23(24(17-21)38-3)20-11-14-22(37-2)15-12-20/h6-17,25-27,32H,5,18H2,1-4H3/t25-,26-,27-,31-/m1/s1. The fourth-order valence-electron chi connectivity index (χ4n) is 6.09. The molecule has 2 saturated heterocycles. The number of fused-ring (bicyclic) bond motifs is 1. The second-order valence-electron chi connectivity index (χ2n) is 9.86. The number of carbonyl (C=O) groups excluding carboxylic acids is 3. The van der Waals surface area contributed by atoms with Crippen molar-refractivity contribution < 1.29 is 28.6 Å². The van der Waals surface area contributed by atoms with Crippen molar-refractivity contribution in [3.8, 4) is 22.6 Å². The number of hydrogen-bond donors (Lipinski definition) is 1. The molecule has 3 aromatic carbocycles. The molecule has 2 heterocycles. The largest absolute Gasteiger partial charge is 0.497 e. The van der Waals surface area contributed by atoms with E-state index in [9.17, 15) is 14.4 Å². The second-order valence-corrected chi connectivity index (χ2v) is 9.86. The maximum absolute atomic E-state index is 13.7. The monoisotopic (exact) mass is 528 g/mol. The van der Waals surface area contributed by atoms with Crippen LogP contribution in [-0.2, 0) is 25.5 Å². The maximum atomic E-state index is 13.7. The first-order valence-electron chi connectivity index (χ1n) is 13.0. The highest BCUT2D eigenvalue weighted by Crippen LogP contribution is 2.51. The van der Waals surface area contributed by atoms with E-state index in [1.807, 2.05) is 72.8 Å². The van der Waals surface area contributed by atoms with E-state index in [1.54, 1.807) is 21.1 Å². The normalized spacial score (nSPS) is 24.0. The van der Waals surface area contributed by atoms with Crippen molar-refractivity contribution in [3.63, 3.8) is 0 Å². The van der Waals surface area contributed by atoms with Crippen molar-refractivity contribution >= 4 is 17.8 Å². The number of methoxy groups -OCH3 is 3. The Morgan fingerprint density at radius 2 is 1.64 bits per heavy atom. The fraction of sp³-hybridized carbons (Fsp3) is 0.323. The van der Waals surface area contributed by atoms with Crippen LogP contribution in [0.3, 0.4) is 0 Å². The molecule has 0 radical (unpaired) electrons. The Balaban J connectivity index is 1.61. The summed E-state index contributed by atoms with van der Waals surface area (Å²) < 4.78 is 16.3. The minimum atomic E-state index is -1.41. The molecule has 2 aliphatic rings. The van der Waals surface area contributed by atoms with Crippen LogP contribution in [0.1, 0.15) is 24.1 Å². The zero-order valence-corrected chi connectivity index (χ0v) is 22.5. The Kier molecular flexibility index (Phi) is 7.14. The van der Waals surface area contributed by atoms with E-state index in [1.165, 1.54) is 12.0 Å². The number of esters is 1. The van der Waals surface area contributed by atoms with E-state index in [0.29, 0.717) is 5.75 Å². The van der Waals surface area contributed by atoms with Gasteiger partial charge in [-0.25, -0.2) is 0 Å². The lowest BCUT2D eigenvalue weighted by atomic mass is 9.76. The van der Waals surface area contributed by atoms with Crippen molar-refractivity contribution in [2.24, 2.45) is 11.8 Å². The first-order chi connectivity index (χ1) is 18.9. The Bertz CT molecular complexity index is 1390. The lowest BCUT2D eigenvalue weighted by molar-refractivity contribution is -0.154. The van der Waals surface area contributed by atoms with Gasteiger partial charge in [0, 0.05) is 24.6 Å². The number of rotatable bonds is 8. The number of benzene rings is 3. The van der Waals surface area contributed by atoms with E-state index in [4.69, 9.17) is 14.2 Å². The SMILES string of the molecule is CCN1C(=O)[C@H]2[C@@H](c3ccc(-c4ccc(OC)cc4)c(OC)c3)N[C@@](Cc3ccccc3)(C(=O)OC)[C@H]2C1=O. The van der Waals surface area contributed by atoms with Gasteiger partial charge in [-0.2, -0.15) is 0 Å². The van der Waals surface area contributed by atoms with Crippen LogP contribution in [0, 0.1) is 11.8 Å². The molecule has 2 aliphatic heterocycles. The van der Waals surface area contributed by atoms with Crippen LogP contribution in [0.15, 0.2) is 72.8 Å². The van der Waals surface area contributed by atoms with Gasteiger partial charge in [0.05, 0.1) is 33.2 Å². The third kappa shape index (κ3) is 4.34. The van der Waals surface area contributed by atoms with Crippen LogP contribution >= 0.6 is 0 Å². The van der Waals surface area contributed by atoms with Gasteiger partial charge < -0.3 is 14.2 Å². The number of likely N-dealkylation sites (tertiary alicyclic amines) is 1. The average Bonchev–Trinajstić information content (AvgIpc) is 3.45. The quantitative estimate of drug-likeness (QED) is 0.351. The summed E-state index contributed by atoms with van der Waals surface area (Å²) in [6, 6.07) is 22.2. The molecule has 4 atom stereocenters. The summed E-state index contributed by atoms with van der Waals surface area (Å²) in [5.41, 5.74) is 2.00. The first-order valence-corrected chi connectivity index (χ1v) is 13.0. The topological polar surface area (TPSA) is 94.2 Å². The highest BCUT2D eigenvalue weighted by Gasteiger charge is 2.68. The minimum Gasteiger partial charge on any atom is -0.497 e. The molecule has 0 bridgehead atoms. The number of imide groups is 1. The Hall–Kier alpha value is -4.17. The highest BCUT2D eigenvalue weighted by molar-refractivity contribution is 6.09. The molecule has 8 nitrogen and oxygen atoms in total. The van der Waals surface area contributed by atoms with Gasteiger partial charge in [0.1, 0.15) is 17.0 Å². The zero-order chi connectivity index (χ0) is 27.7. The Morgan fingerprint density at radius 1 is 0.923 bits per heavy atom. The molecule has 0 saturated carbocycles. The predicted octanol–water partition coefficient (Wildman–Crippen LogP) is 3.79.